The molecule has 1 fully saturated rings. The monoisotopic (exact) mass is 268 g/mol. The van der Waals surface area contributed by atoms with Gasteiger partial charge in [-0.15, -0.1) is 0 Å². The third-order valence-corrected chi connectivity index (χ3v) is 4.82. The first-order valence-corrected chi connectivity index (χ1v) is 8.24. The van der Waals surface area contributed by atoms with Crippen LogP contribution in [0.15, 0.2) is 11.8 Å². The predicted molar refractivity (Wildman–Crippen MR) is 77.7 cm³/mol. The van der Waals surface area contributed by atoms with Crippen molar-refractivity contribution in [3.05, 3.63) is 11.8 Å². The van der Waals surface area contributed by atoms with Crippen molar-refractivity contribution in [2.45, 2.75) is 51.0 Å². The van der Waals surface area contributed by atoms with Crippen LogP contribution in [0.3, 0.4) is 0 Å². The summed E-state index contributed by atoms with van der Waals surface area (Å²) >= 11 is 1.86. The fourth-order valence-electron chi connectivity index (χ4n) is 2.90. The van der Waals surface area contributed by atoms with E-state index in [2.05, 4.69) is 17.6 Å². The minimum absolute atomic E-state index is 0.127. The normalized spacial score (nSPS) is 21.5. The highest BCUT2D eigenvalue weighted by Gasteiger charge is 2.37. The molecule has 1 heterocycles. The van der Waals surface area contributed by atoms with Crippen LogP contribution < -0.4 is 10.6 Å². The zero-order valence-electron chi connectivity index (χ0n) is 11.3. The fraction of sp³-hybridized carbons (Fsp3) is 0.786. The van der Waals surface area contributed by atoms with Gasteiger partial charge in [0.25, 0.3) is 0 Å². The molecule has 0 atom stereocenters. The van der Waals surface area contributed by atoms with Gasteiger partial charge in [0.15, 0.2) is 0 Å². The van der Waals surface area contributed by atoms with Gasteiger partial charge in [-0.05, 0) is 18.6 Å². The number of nitrogens with one attached hydrogen (secondary N) is 2. The maximum absolute atomic E-state index is 12.0. The number of rotatable bonds is 5. The van der Waals surface area contributed by atoms with Gasteiger partial charge in [-0.3, -0.25) is 4.79 Å². The Labute approximate surface area is 114 Å². The molecule has 1 saturated carbocycles. The molecular weight excluding hydrogens is 244 g/mol. The number of amides is 1. The Balaban J connectivity index is 1.75. The minimum atomic E-state index is 0.127. The van der Waals surface area contributed by atoms with Crippen LogP contribution in [0.1, 0.15) is 45.4 Å². The van der Waals surface area contributed by atoms with E-state index in [1.54, 1.807) is 0 Å². The lowest BCUT2D eigenvalue weighted by molar-refractivity contribution is -0.117. The van der Waals surface area contributed by atoms with Gasteiger partial charge in [0.05, 0.1) is 0 Å². The number of hydrogen-bond donors (Lipinski definition) is 2. The van der Waals surface area contributed by atoms with E-state index in [1.165, 1.54) is 32.1 Å². The van der Waals surface area contributed by atoms with Gasteiger partial charge < -0.3 is 10.6 Å². The van der Waals surface area contributed by atoms with Crippen molar-refractivity contribution in [3.63, 3.8) is 0 Å². The smallest absolute Gasteiger partial charge is 0.248 e. The van der Waals surface area contributed by atoms with Crippen LogP contribution in [0.5, 0.6) is 0 Å². The summed E-state index contributed by atoms with van der Waals surface area (Å²) in [4.78, 5) is 12.0. The zero-order valence-corrected chi connectivity index (χ0v) is 12.1. The van der Waals surface area contributed by atoms with Crippen molar-refractivity contribution in [1.29, 1.82) is 0 Å². The number of thioether (sulfide) groups is 1. The molecule has 102 valence electrons. The van der Waals surface area contributed by atoms with Crippen molar-refractivity contribution < 1.29 is 4.79 Å². The lowest BCUT2D eigenvalue weighted by atomic mass is 9.79. The van der Waals surface area contributed by atoms with Gasteiger partial charge in [0.1, 0.15) is 0 Å². The standard InChI is InChI=1S/C14H24N2OS/c1-2-18-9-8-15-13(17)12-10-14(16-11-12)6-4-3-5-7-14/h11,16H,2-10H2,1H3,(H,15,17). The van der Waals surface area contributed by atoms with E-state index in [9.17, 15) is 4.79 Å². The summed E-state index contributed by atoms with van der Waals surface area (Å²) in [5, 5.41) is 6.49. The van der Waals surface area contributed by atoms with Gasteiger partial charge >= 0.3 is 0 Å². The molecule has 3 nitrogen and oxygen atoms in total. The van der Waals surface area contributed by atoms with Crippen LogP contribution >= 0.6 is 11.8 Å². The van der Waals surface area contributed by atoms with Crippen molar-refractivity contribution in [2.24, 2.45) is 0 Å². The molecule has 0 aromatic carbocycles. The first-order valence-electron chi connectivity index (χ1n) is 7.08. The largest absolute Gasteiger partial charge is 0.385 e. The van der Waals surface area contributed by atoms with Crippen LogP contribution in [0.4, 0.5) is 0 Å². The Morgan fingerprint density at radius 1 is 1.44 bits per heavy atom. The summed E-state index contributed by atoms with van der Waals surface area (Å²) in [5.74, 6) is 2.25. The summed E-state index contributed by atoms with van der Waals surface area (Å²) in [6.07, 6.45) is 9.23. The molecule has 0 unspecified atom stereocenters. The van der Waals surface area contributed by atoms with E-state index < -0.39 is 0 Å². The molecule has 2 aliphatic rings. The predicted octanol–water partition coefficient (Wildman–Crippen LogP) is 2.44. The zero-order chi connectivity index (χ0) is 12.8. The molecule has 0 bridgehead atoms. The van der Waals surface area contributed by atoms with E-state index in [1.807, 2.05) is 18.0 Å². The molecule has 2 N–H and O–H groups in total. The molecule has 1 aliphatic heterocycles. The molecule has 2 rings (SSSR count). The van der Waals surface area contributed by atoms with Gasteiger partial charge in [-0.25, -0.2) is 0 Å². The summed E-state index contributed by atoms with van der Waals surface area (Å²) in [5.41, 5.74) is 1.15. The summed E-state index contributed by atoms with van der Waals surface area (Å²) in [6.45, 7) is 2.92. The molecule has 1 spiro atoms. The van der Waals surface area contributed by atoms with E-state index in [-0.39, 0.29) is 11.4 Å². The second-order valence-corrected chi connectivity index (χ2v) is 6.68. The number of carbonyl (C=O) groups excluding carboxylic acids is 1. The second-order valence-electron chi connectivity index (χ2n) is 5.28. The van der Waals surface area contributed by atoms with Crippen LogP contribution in [-0.2, 0) is 4.79 Å². The SMILES string of the molecule is CCSCCNC(=O)C1=CNC2(CCCCC2)C1. The third kappa shape index (κ3) is 3.44. The molecule has 1 amide bonds. The molecule has 4 heteroatoms. The number of hydrogen-bond acceptors (Lipinski definition) is 3. The highest BCUT2D eigenvalue weighted by molar-refractivity contribution is 7.99. The summed E-state index contributed by atoms with van der Waals surface area (Å²) in [7, 11) is 0. The first kappa shape index (κ1) is 13.8. The molecule has 18 heavy (non-hydrogen) atoms. The average molecular weight is 268 g/mol. The van der Waals surface area contributed by atoms with Gasteiger partial charge in [-0.1, -0.05) is 26.2 Å². The van der Waals surface area contributed by atoms with Crippen LogP contribution in [0, 0.1) is 0 Å². The highest BCUT2D eigenvalue weighted by Crippen LogP contribution is 2.36. The Hall–Kier alpha value is -0.640. The Bertz CT molecular complexity index is 322. The molecular formula is C14H24N2OS. The van der Waals surface area contributed by atoms with E-state index in [4.69, 9.17) is 0 Å². The third-order valence-electron chi connectivity index (χ3n) is 3.92. The quantitative estimate of drug-likeness (QED) is 0.753. The molecule has 0 aromatic rings. The van der Waals surface area contributed by atoms with Crippen molar-refractivity contribution in [1.82, 2.24) is 10.6 Å². The molecule has 0 saturated heterocycles. The van der Waals surface area contributed by atoms with Gasteiger partial charge in [0, 0.05) is 36.0 Å². The molecule has 0 radical (unpaired) electrons. The van der Waals surface area contributed by atoms with Crippen molar-refractivity contribution in [2.75, 3.05) is 18.1 Å². The maximum Gasteiger partial charge on any atom is 0.248 e. The second kappa shape index (κ2) is 6.50. The lowest BCUT2D eigenvalue weighted by Gasteiger charge is -2.34. The van der Waals surface area contributed by atoms with Crippen molar-refractivity contribution in [3.8, 4) is 0 Å². The van der Waals surface area contributed by atoms with E-state index in [0.717, 1.165) is 30.0 Å². The van der Waals surface area contributed by atoms with Crippen LogP contribution in [-0.4, -0.2) is 29.5 Å². The maximum atomic E-state index is 12.0. The summed E-state index contributed by atoms with van der Waals surface area (Å²) in [6, 6.07) is 0. The Morgan fingerprint density at radius 3 is 2.94 bits per heavy atom. The van der Waals surface area contributed by atoms with Crippen LogP contribution in [0.2, 0.25) is 0 Å². The average Bonchev–Trinajstić information content (AvgIpc) is 2.79. The Morgan fingerprint density at radius 2 is 2.22 bits per heavy atom. The Kier molecular flexibility index (Phi) is 4.98. The minimum Gasteiger partial charge on any atom is -0.385 e. The topological polar surface area (TPSA) is 41.1 Å². The van der Waals surface area contributed by atoms with Gasteiger partial charge in [-0.2, -0.15) is 11.8 Å². The van der Waals surface area contributed by atoms with Crippen molar-refractivity contribution >= 4 is 17.7 Å². The molecule has 0 aromatic heterocycles. The summed E-state index contributed by atoms with van der Waals surface area (Å²) < 4.78 is 0. The van der Waals surface area contributed by atoms with E-state index >= 15 is 0 Å². The first-order chi connectivity index (χ1) is 8.76. The fourth-order valence-corrected chi connectivity index (χ4v) is 3.43. The van der Waals surface area contributed by atoms with Crippen LogP contribution in [0.25, 0.3) is 0 Å². The lowest BCUT2D eigenvalue weighted by Crippen LogP contribution is -2.41. The number of carbonyl (C=O) groups is 1. The van der Waals surface area contributed by atoms with Gasteiger partial charge in [0.2, 0.25) is 5.91 Å². The van der Waals surface area contributed by atoms with E-state index in [0.29, 0.717) is 0 Å². The highest BCUT2D eigenvalue weighted by atomic mass is 32.2. The molecule has 1 aliphatic carbocycles.